The Hall–Kier alpha value is -3.42. The molecule has 2 amide bonds. The molecular formula is C16H14N2O6. The van der Waals surface area contributed by atoms with Crippen molar-refractivity contribution in [3.05, 3.63) is 64.2 Å². The Morgan fingerprint density at radius 1 is 1.04 bits per heavy atom. The Bertz CT molecular complexity index is 740. The van der Waals surface area contributed by atoms with Gasteiger partial charge in [0.1, 0.15) is 11.5 Å². The lowest BCUT2D eigenvalue weighted by Crippen LogP contribution is -2.34. The van der Waals surface area contributed by atoms with Crippen molar-refractivity contribution in [3.63, 3.8) is 0 Å². The van der Waals surface area contributed by atoms with Crippen molar-refractivity contribution < 1.29 is 24.0 Å². The number of nitro benzene ring substituents is 1. The van der Waals surface area contributed by atoms with Crippen LogP contribution in [-0.2, 0) is 4.79 Å². The number of non-ortho nitro benzene ring substituents is 1. The molecule has 124 valence electrons. The molecule has 0 heterocycles. The van der Waals surface area contributed by atoms with Gasteiger partial charge in [-0.1, -0.05) is 0 Å². The Morgan fingerprint density at radius 3 is 2.17 bits per heavy atom. The van der Waals surface area contributed by atoms with E-state index in [0.29, 0.717) is 11.3 Å². The molecule has 2 aromatic rings. The van der Waals surface area contributed by atoms with Gasteiger partial charge in [-0.3, -0.25) is 25.0 Å². The quantitative estimate of drug-likeness (QED) is 0.640. The largest absolute Gasteiger partial charge is 0.497 e. The number of benzene rings is 2. The number of ether oxygens (including phenoxy) is 2. The van der Waals surface area contributed by atoms with Crippen molar-refractivity contribution in [2.24, 2.45) is 0 Å². The van der Waals surface area contributed by atoms with Gasteiger partial charge in [-0.05, 0) is 36.4 Å². The highest BCUT2D eigenvalue weighted by molar-refractivity contribution is 6.05. The van der Waals surface area contributed by atoms with Gasteiger partial charge >= 0.3 is 0 Å². The van der Waals surface area contributed by atoms with Gasteiger partial charge in [0.2, 0.25) is 0 Å². The van der Waals surface area contributed by atoms with Crippen molar-refractivity contribution in [1.82, 2.24) is 5.32 Å². The predicted molar refractivity (Wildman–Crippen MR) is 84.1 cm³/mol. The van der Waals surface area contributed by atoms with Crippen molar-refractivity contribution in [2.75, 3.05) is 13.7 Å². The van der Waals surface area contributed by atoms with Crippen LogP contribution in [0, 0.1) is 10.1 Å². The summed E-state index contributed by atoms with van der Waals surface area (Å²) in [6.07, 6.45) is 0. The maximum Gasteiger partial charge on any atom is 0.269 e. The van der Waals surface area contributed by atoms with E-state index in [-0.39, 0.29) is 18.0 Å². The van der Waals surface area contributed by atoms with Crippen LogP contribution in [0.2, 0.25) is 0 Å². The van der Waals surface area contributed by atoms with Gasteiger partial charge in [-0.2, -0.15) is 0 Å². The number of hydrogen-bond acceptors (Lipinski definition) is 6. The Labute approximate surface area is 137 Å². The number of amides is 2. The van der Waals surface area contributed by atoms with Crippen molar-refractivity contribution in [1.29, 1.82) is 0 Å². The number of nitrogens with zero attached hydrogens (tertiary/aromatic N) is 1. The van der Waals surface area contributed by atoms with Crippen LogP contribution in [0.1, 0.15) is 10.4 Å². The Balaban J connectivity index is 1.85. The molecular weight excluding hydrogens is 316 g/mol. The van der Waals surface area contributed by atoms with Crippen LogP contribution in [-0.4, -0.2) is 30.5 Å². The fourth-order valence-electron chi connectivity index (χ4n) is 1.79. The lowest BCUT2D eigenvalue weighted by atomic mass is 10.2. The second-order valence-corrected chi connectivity index (χ2v) is 4.65. The first-order valence-electron chi connectivity index (χ1n) is 6.85. The number of nitrogens with one attached hydrogen (secondary N) is 1. The highest BCUT2D eigenvalue weighted by Crippen LogP contribution is 2.17. The van der Waals surface area contributed by atoms with Gasteiger partial charge in [-0.15, -0.1) is 0 Å². The topological polar surface area (TPSA) is 108 Å². The first-order valence-corrected chi connectivity index (χ1v) is 6.85. The van der Waals surface area contributed by atoms with E-state index in [1.165, 1.54) is 43.5 Å². The van der Waals surface area contributed by atoms with Crippen LogP contribution < -0.4 is 14.8 Å². The number of methoxy groups -OCH3 is 1. The second-order valence-electron chi connectivity index (χ2n) is 4.65. The van der Waals surface area contributed by atoms with Gasteiger partial charge in [0.15, 0.2) is 6.61 Å². The molecule has 0 fully saturated rings. The molecule has 0 bridgehead atoms. The summed E-state index contributed by atoms with van der Waals surface area (Å²) in [7, 11) is 1.51. The Kier molecular flexibility index (Phi) is 5.45. The third-order valence-electron chi connectivity index (χ3n) is 3.02. The third kappa shape index (κ3) is 4.54. The molecule has 0 saturated carbocycles. The van der Waals surface area contributed by atoms with E-state index < -0.39 is 16.7 Å². The number of nitro groups is 1. The molecule has 0 aromatic heterocycles. The molecule has 0 saturated heterocycles. The minimum absolute atomic E-state index is 0.0820. The maximum atomic E-state index is 11.9. The van der Waals surface area contributed by atoms with E-state index in [4.69, 9.17) is 9.47 Å². The van der Waals surface area contributed by atoms with Gasteiger partial charge in [0.05, 0.1) is 12.0 Å². The average Bonchev–Trinajstić information content (AvgIpc) is 2.60. The van der Waals surface area contributed by atoms with E-state index in [2.05, 4.69) is 5.32 Å². The maximum absolute atomic E-state index is 11.9. The molecule has 0 aliphatic rings. The van der Waals surface area contributed by atoms with E-state index in [1.54, 1.807) is 12.1 Å². The van der Waals surface area contributed by atoms with Crippen LogP contribution in [0.3, 0.4) is 0 Å². The molecule has 2 aromatic carbocycles. The molecule has 8 nitrogen and oxygen atoms in total. The zero-order valence-electron chi connectivity index (χ0n) is 12.7. The minimum Gasteiger partial charge on any atom is -0.497 e. The lowest BCUT2D eigenvalue weighted by molar-refractivity contribution is -0.384. The fourth-order valence-corrected chi connectivity index (χ4v) is 1.79. The molecule has 1 N–H and O–H groups in total. The van der Waals surface area contributed by atoms with E-state index in [1.807, 2.05) is 0 Å². The standard InChI is InChI=1S/C16H14N2O6/c1-23-13-6-2-11(3-7-13)16(20)17-15(19)10-24-14-8-4-12(5-9-14)18(21)22/h2-9H,10H2,1H3,(H,17,19,20). The van der Waals surface area contributed by atoms with Crippen LogP contribution in [0.15, 0.2) is 48.5 Å². The molecule has 0 atom stereocenters. The molecule has 24 heavy (non-hydrogen) atoms. The highest BCUT2D eigenvalue weighted by Gasteiger charge is 2.11. The smallest absolute Gasteiger partial charge is 0.269 e. The summed E-state index contributed by atoms with van der Waals surface area (Å²) in [4.78, 5) is 33.6. The van der Waals surface area contributed by atoms with Gasteiger partial charge in [0, 0.05) is 17.7 Å². The van der Waals surface area contributed by atoms with Crippen LogP contribution in [0.5, 0.6) is 11.5 Å². The third-order valence-corrected chi connectivity index (χ3v) is 3.02. The van der Waals surface area contributed by atoms with Crippen molar-refractivity contribution >= 4 is 17.5 Å². The SMILES string of the molecule is COc1ccc(C(=O)NC(=O)COc2ccc([N+](=O)[O-])cc2)cc1. The van der Waals surface area contributed by atoms with E-state index in [9.17, 15) is 19.7 Å². The lowest BCUT2D eigenvalue weighted by Gasteiger charge is -2.07. The van der Waals surface area contributed by atoms with Crippen LogP contribution in [0.25, 0.3) is 0 Å². The summed E-state index contributed by atoms with van der Waals surface area (Å²) in [6.45, 7) is -0.389. The molecule has 8 heteroatoms. The number of imide groups is 1. The van der Waals surface area contributed by atoms with Crippen molar-refractivity contribution in [2.45, 2.75) is 0 Å². The predicted octanol–water partition coefficient (Wildman–Crippen LogP) is 1.94. The molecule has 0 unspecified atom stereocenters. The second kappa shape index (κ2) is 7.73. The zero-order valence-corrected chi connectivity index (χ0v) is 12.7. The summed E-state index contributed by atoms with van der Waals surface area (Å²) < 4.78 is 10.1. The van der Waals surface area contributed by atoms with Gasteiger partial charge < -0.3 is 9.47 Å². The first-order chi connectivity index (χ1) is 11.5. The number of carbonyl (C=O) groups excluding carboxylic acids is 2. The highest BCUT2D eigenvalue weighted by atomic mass is 16.6. The summed E-state index contributed by atoms with van der Waals surface area (Å²) in [5.74, 6) is -0.309. The van der Waals surface area contributed by atoms with Gasteiger partial charge in [-0.25, -0.2) is 0 Å². The molecule has 2 rings (SSSR count). The summed E-state index contributed by atoms with van der Waals surface area (Å²) in [5, 5.41) is 12.7. The fraction of sp³-hybridized carbons (Fsp3) is 0.125. The average molecular weight is 330 g/mol. The normalized spacial score (nSPS) is 9.88. The first kappa shape index (κ1) is 16.9. The van der Waals surface area contributed by atoms with Crippen LogP contribution >= 0.6 is 0 Å². The van der Waals surface area contributed by atoms with Crippen LogP contribution in [0.4, 0.5) is 5.69 Å². The Morgan fingerprint density at radius 2 is 1.62 bits per heavy atom. The molecule has 0 aliphatic carbocycles. The number of rotatable bonds is 6. The molecule has 0 radical (unpaired) electrons. The van der Waals surface area contributed by atoms with E-state index in [0.717, 1.165) is 0 Å². The number of hydrogen-bond donors (Lipinski definition) is 1. The summed E-state index contributed by atoms with van der Waals surface area (Å²) >= 11 is 0. The number of carbonyl (C=O) groups is 2. The molecule has 0 aliphatic heterocycles. The van der Waals surface area contributed by atoms with Gasteiger partial charge in [0.25, 0.3) is 17.5 Å². The summed E-state index contributed by atoms with van der Waals surface area (Å²) in [5.41, 5.74) is 0.223. The molecule has 0 spiro atoms. The minimum atomic E-state index is -0.630. The van der Waals surface area contributed by atoms with E-state index >= 15 is 0 Å². The zero-order chi connectivity index (χ0) is 17.5. The summed E-state index contributed by atoms with van der Waals surface area (Å²) in [6, 6.07) is 11.5. The monoisotopic (exact) mass is 330 g/mol. The van der Waals surface area contributed by atoms with Crippen molar-refractivity contribution in [3.8, 4) is 11.5 Å².